The summed E-state index contributed by atoms with van der Waals surface area (Å²) in [7, 11) is -2.80. The lowest BCUT2D eigenvalue weighted by Gasteiger charge is -2.11. The van der Waals surface area contributed by atoms with E-state index in [0.717, 1.165) is 18.3 Å². The fourth-order valence-electron chi connectivity index (χ4n) is 2.56. The fourth-order valence-corrected chi connectivity index (χ4v) is 3.98. The van der Waals surface area contributed by atoms with Crippen LogP contribution in [0.25, 0.3) is 11.3 Å². The molecule has 10 heteroatoms. The number of halogens is 4. The van der Waals surface area contributed by atoms with Gasteiger partial charge in [0.15, 0.2) is 5.82 Å². The standard InChI is InChI=1S/C17H14F3N3O2S.ClH/c1-21-9-11-10-23(26(24,25)13-5-2-4-12(18)8-13)16(15(11)19)14-6-3-7-22-17(14)20;/h2-8,10,21H,9H2,1H3;1H. The highest BCUT2D eigenvalue weighted by Gasteiger charge is 2.28. The van der Waals surface area contributed by atoms with Gasteiger partial charge in [0.25, 0.3) is 10.0 Å². The van der Waals surface area contributed by atoms with Gasteiger partial charge < -0.3 is 5.32 Å². The van der Waals surface area contributed by atoms with Gasteiger partial charge in [0.1, 0.15) is 11.5 Å². The molecule has 0 unspecified atom stereocenters. The van der Waals surface area contributed by atoms with Crippen molar-refractivity contribution in [3.63, 3.8) is 0 Å². The molecule has 0 saturated carbocycles. The summed E-state index contributed by atoms with van der Waals surface area (Å²) in [6, 6.07) is 6.89. The molecule has 0 radical (unpaired) electrons. The Bertz CT molecular complexity index is 1070. The molecule has 0 fully saturated rings. The smallest absolute Gasteiger partial charge is 0.268 e. The molecule has 1 N–H and O–H groups in total. The molecule has 0 spiro atoms. The van der Waals surface area contributed by atoms with Gasteiger partial charge >= 0.3 is 0 Å². The molecule has 2 heterocycles. The van der Waals surface area contributed by atoms with Crippen LogP contribution < -0.4 is 5.32 Å². The second-order valence-corrected chi connectivity index (χ2v) is 7.26. The summed E-state index contributed by atoms with van der Waals surface area (Å²) < 4.78 is 68.9. The van der Waals surface area contributed by atoms with Crippen LogP contribution >= 0.6 is 12.4 Å². The minimum absolute atomic E-state index is 0. The van der Waals surface area contributed by atoms with Gasteiger partial charge in [-0.1, -0.05) is 6.07 Å². The maximum absolute atomic E-state index is 14.9. The van der Waals surface area contributed by atoms with Crippen molar-refractivity contribution >= 4 is 22.4 Å². The molecule has 0 bridgehead atoms. The van der Waals surface area contributed by atoms with E-state index in [2.05, 4.69) is 10.3 Å². The van der Waals surface area contributed by atoms with Gasteiger partial charge in [0.2, 0.25) is 5.95 Å². The Balaban J connectivity index is 0.00000261. The number of nitrogens with one attached hydrogen (secondary N) is 1. The zero-order chi connectivity index (χ0) is 18.9. The third kappa shape index (κ3) is 3.85. The molecule has 0 aliphatic heterocycles. The predicted octanol–water partition coefficient (Wildman–Crippen LogP) is 3.35. The van der Waals surface area contributed by atoms with E-state index >= 15 is 0 Å². The molecule has 0 aliphatic carbocycles. The van der Waals surface area contributed by atoms with Crippen molar-refractivity contribution in [2.45, 2.75) is 11.4 Å². The molecule has 0 saturated heterocycles. The summed E-state index contributed by atoms with van der Waals surface area (Å²) >= 11 is 0. The van der Waals surface area contributed by atoms with E-state index in [-0.39, 0.29) is 35.0 Å². The molecular formula is C17H15ClF3N3O2S. The Kier molecular flexibility index (Phi) is 6.30. The largest absolute Gasteiger partial charge is 0.316 e. The minimum Gasteiger partial charge on any atom is -0.316 e. The fraction of sp³-hybridized carbons (Fsp3) is 0.118. The number of rotatable bonds is 5. The third-order valence-corrected chi connectivity index (χ3v) is 5.37. The monoisotopic (exact) mass is 417 g/mol. The van der Waals surface area contributed by atoms with Gasteiger partial charge in [-0.05, 0) is 37.4 Å². The molecule has 5 nitrogen and oxygen atoms in total. The van der Waals surface area contributed by atoms with Crippen LogP contribution in [0.4, 0.5) is 13.2 Å². The Morgan fingerprint density at radius 1 is 1.15 bits per heavy atom. The van der Waals surface area contributed by atoms with E-state index in [9.17, 15) is 21.6 Å². The van der Waals surface area contributed by atoms with Crippen molar-refractivity contribution in [3.05, 3.63) is 71.9 Å². The van der Waals surface area contributed by atoms with Crippen LogP contribution in [0.3, 0.4) is 0 Å². The van der Waals surface area contributed by atoms with Gasteiger partial charge in [-0.3, -0.25) is 0 Å². The lowest BCUT2D eigenvalue weighted by Crippen LogP contribution is -2.14. The van der Waals surface area contributed by atoms with Gasteiger partial charge in [-0.15, -0.1) is 12.4 Å². The van der Waals surface area contributed by atoms with Crippen molar-refractivity contribution in [2.24, 2.45) is 0 Å². The molecular weight excluding hydrogens is 403 g/mol. The first kappa shape index (κ1) is 20.9. The van der Waals surface area contributed by atoms with Gasteiger partial charge in [0, 0.05) is 24.5 Å². The minimum atomic E-state index is -4.36. The van der Waals surface area contributed by atoms with E-state index < -0.39 is 33.3 Å². The van der Waals surface area contributed by atoms with Crippen LogP contribution in [0.15, 0.2) is 53.7 Å². The first-order chi connectivity index (χ1) is 12.4. The average molecular weight is 418 g/mol. The molecule has 144 valence electrons. The van der Waals surface area contributed by atoms with Crippen LogP contribution in [0.5, 0.6) is 0 Å². The maximum atomic E-state index is 14.9. The molecule has 0 amide bonds. The van der Waals surface area contributed by atoms with Crippen LogP contribution in [-0.4, -0.2) is 24.4 Å². The summed E-state index contributed by atoms with van der Waals surface area (Å²) in [5.41, 5.74) is -0.789. The molecule has 27 heavy (non-hydrogen) atoms. The van der Waals surface area contributed by atoms with Crippen LogP contribution in [0.1, 0.15) is 5.56 Å². The lowest BCUT2D eigenvalue weighted by molar-refractivity contribution is 0.573. The second kappa shape index (κ2) is 8.12. The van der Waals surface area contributed by atoms with Crippen molar-refractivity contribution < 1.29 is 21.6 Å². The number of hydrogen-bond donors (Lipinski definition) is 1. The number of nitrogens with zero attached hydrogens (tertiary/aromatic N) is 2. The zero-order valence-electron chi connectivity index (χ0n) is 14.0. The molecule has 3 aromatic rings. The maximum Gasteiger partial charge on any atom is 0.268 e. The Morgan fingerprint density at radius 3 is 2.52 bits per heavy atom. The summed E-state index contributed by atoms with van der Waals surface area (Å²) in [4.78, 5) is 3.06. The lowest BCUT2D eigenvalue weighted by atomic mass is 10.2. The van der Waals surface area contributed by atoms with Crippen LogP contribution in [0, 0.1) is 17.6 Å². The summed E-state index contributed by atoms with van der Waals surface area (Å²) in [6.07, 6.45) is 2.22. The molecule has 0 atom stereocenters. The third-order valence-electron chi connectivity index (χ3n) is 3.72. The van der Waals surface area contributed by atoms with E-state index in [1.54, 1.807) is 7.05 Å². The van der Waals surface area contributed by atoms with E-state index in [0.29, 0.717) is 3.97 Å². The van der Waals surface area contributed by atoms with Gasteiger partial charge in [0.05, 0.1) is 10.5 Å². The van der Waals surface area contributed by atoms with Crippen molar-refractivity contribution in [2.75, 3.05) is 7.05 Å². The number of hydrogen-bond acceptors (Lipinski definition) is 4. The normalized spacial score (nSPS) is 11.3. The molecule has 2 aromatic heterocycles. The topological polar surface area (TPSA) is 64.0 Å². The summed E-state index contributed by atoms with van der Waals surface area (Å²) in [5.74, 6) is -2.68. The number of benzene rings is 1. The van der Waals surface area contributed by atoms with Gasteiger partial charge in [-0.25, -0.2) is 26.2 Å². The second-order valence-electron chi connectivity index (χ2n) is 5.45. The van der Waals surface area contributed by atoms with E-state index in [4.69, 9.17) is 0 Å². The summed E-state index contributed by atoms with van der Waals surface area (Å²) in [6.45, 7) is 0.0202. The number of pyridine rings is 1. The highest BCUT2D eigenvalue weighted by Crippen LogP contribution is 2.31. The molecule has 0 aliphatic rings. The molecule has 1 aromatic carbocycles. The zero-order valence-corrected chi connectivity index (χ0v) is 15.6. The Morgan fingerprint density at radius 2 is 1.89 bits per heavy atom. The first-order valence-electron chi connectivity index (χ1n) is 7.52. The van der Waals surface area contributed by atoms with Crippen molar-refractivity contribution in [1.82, 2.24) is 14.3 Å². The van der Waals surface area contributed by atoms with Crippen molar-refractivity contribution in [1.29, 1.82) is 0 Å². The van der Waals surface area contributed by atoms with Crippen molar-refractivity contribution in [3.8, 4) is 11.3 Å². The average Bonchev–Trinajstić information content (AvgIpc) is 2.93. The Hall–Kier alpha value is -2.36. The quantitative estimate of drug-likeness (QED) is 0.647. The SMILES string of the molecule is CNCc1cn(S(=O)(=O)c2cccc(F)c2)c(-c2cccnc2F)c1F.Cl. The van der Waals surface area contributed by atoms with E-state index in [1.807, 2.05) is 0 Å². The predicted molar refractivity (Wildman–Crippen MR) is 96.6 cm³/mol. The molecule has 3 rings (SSSR count). The first-order valence-corrected chi connectivity index (χ1v) is 8.96. The highest BCUT2D eigenvalue weighted by atomic mass is 35.5. The highest BCUT2D eigenvalue weighted by molar-refractivity contribution is 7.90. The van der Waals surface area contributed by atoms with Crippen LogP contribution in [0.2, 0.25) is 0 Å². The number of aromatic nitrogens is 2. The van der Waals surface area contributed by atoms with Crippen LogP contribution in [-0.2, 0) is 16.6 Å². The Labute approximate surface area is 160 Å². The van der Waals surface area contributed by atoms with Gasteiger partial charge in [-0.2, -0.15) is 4.39 Å². The van der Waals surface area contributed by atoms with E-state index in [1.165, 1.54) is 30.5 Å². The summed E-state index contributed by atoms with van der Waals surface area (Å²) in [5, 5.41) is 2.71.